The molecule has 1 rings (SSSR count). The average Bonchev–Trinajstić information content (AvgIpc) is 2.37. The van der Waals surface area contributed by atoms with Gasteiger partial charge in [0.1, 0.15) is 0 Å². The number of aliphatic hydroxyl groups excluding tert-OH is 1. The van der Waals surface area contributed by atoms with E-state index in [9.17, 15) is 9.90 Å². The maximum absolute atomic E-state index is 11.6. The molecule has 0 radical (unpaired) electrons. The second-order valence-electron chi connectivity index (χ2n) is 4.90. The summed E-state index contributed by atoms with van der Waals surface area (Å²) >= 11 is 1.52. The molecule has 0 saturated heterocycles. The monoisotopic (exact) mass is 282 g/mol. The minimum atomic E-state index is -0.454. The first-order chi connectivity index (χ1) is 9.08. The van der Waals surface area contributed by atoms with Crippen LogP contribution in [-0.4, -0.2) is 34.4 Å². The number of pyridine rings is 1. The highest BCUT2D eigenvalue weighted by Gasteiger charge is 2.09. The fourth-order valence-electron chi connectivity index (χ4n) is 1.64. The first-order valence-corrected chi connectivity index (χ1v) is 7.65. The van der Waals surface area contributed by atoms with Crippen LogP contribution in [0.5, 0.6) is 0 Å². The topological polar surface area (TPSA) is 62.2 Å². The maximum atomic E-state index is 11.6. The fraction of sp³-hybridized carbons (Fsp3) is 0.571. The van der Waals surface area contributed by atoms with Crippen molar-refractivity contribution < 1.29 is 9.90 Å². The second kappa shape index (κ2) is 8.93. The van der Waals surface area contributed by atoms with Gasteiger partial charge in [-0.2, -0.15) is 0 Å². The van der Waals surface area contributed by atoms with Crippen LogP contribution in [0.15, 0.2) is 24.4 Å². The number of nitrogens with zero attached hydrogens (tertiary/aromatic N) is 1. The van der Waals surface area contributed by atoms with Crippen LogP contribution in [0.25, 0.3) is 0 Å². The van der Waals surface area contributed by atoms with Crippen LogP contribution in [-0.2, 0) is 10.5 Å². The Balaban J connectivity index is 2.11. The molecule has 5 heteroatoms. The summed E-state index contributed by atoms with van der Waals surface area (Å²) in [5, 5.41) is 12.4. The number of nitrogens with one attached hydrogen (secondary N) is 1. The van der Waals surface area contributed by atoms with Crippen molar-refractivity contribution >= 4 is 17.7 Å². The van der Waals surface area contributed by atoms with Gasteiger partial charge in [-0.05, 0) is 24.5 Å². The number of thioether (sulfide) groups is 1. The third-order valence-electron chi connectivity index (χ3n) is 2.49. The summed E-state index contributed by atoms with van der Waals surface area (Å²) in [5.74, 6) is 1.52. The summed E-state index contributed by atoms with van der Waals surface area (Å²) in [6.45, 7) is 4.43. The van der Waals surface area contributed by atoms with Crippen LogP contribution in [0.1, 0.15) is 26.0 Å². The van der Waals surface area contributed by atoms with Gasteiger partial charge in [0.2, 0.25) is 5.91 Å². The Morgan fingerprint density at radius 2 is 2.26 bits per heavy atom. The number of hydrogen-bond acceptors (Lipinski definition) is 4. The van der Waals surface area contributed by atoms with Crippen molar-refractivity contribution in [2.75, 3.05) is 12.3 Å². The van der Waals surface area contributed by atoms with Crippen LogP contribution in [0.4, 0.5) is 0 Å². The third-order valence-corrected chi connectivity index (χ3v) is 3.45. The van der Waals surface area contributed by atoms with E-state index in [1.807, 2.05) is 32.0 Å². The van der Waals surface area contributed by atoms with Crippen molar-refractivity contribution in [1.82, 2.24) is 10.3 Å². The number of carbonyl (C=O) groups is 1. The lowest BCUT2D eigenvalue weighted by Gasteiger charge is -2.13. The summed E-state index contributed by atoms with van der Waals surface area (Å²) in [6.07, 6.45) is 2.00. The molecule has 106 valence electrons. The first-order valence-electron chi connectivity index (χ1n) is 6.50. The summed E-state index contributed by atoms with van der Waals surface area (Å²) < 4.78 is 0. The molecular weight excluding hydrogens is 260 g/mol. The Labute approximate surface area is 119 Å². The van der Waals surface area contributed by atoms with Gasteiger partial charge >= 0.3 is 0 Å². The molecule has 1 heterocycles. The number of aromatic nitrogens is 1. The van der Waals surface area contributed by atoms with E-state index >= 15 is 0 Å². The Hall–Kier alpha value is -1.07. The Bertz CT molecular complexity index is 371. The molecule has 0 bridgehead atoms. The van der Waals surface area contributed by atoms with Crippen molar-refractivity contribution in [3.63, 3.8) is 0 Å². The SMILES string of the molecule is CC(C)CC(O)CNC(=O)CSCc1ccccn1. The van der Waals surface area contributed by atoms with Crippen LogP contribution in [0.3, 0.4) is 0 Å². The molecule has 1 aromatic rings. The van der Waals surface area contributed by atoms with Gasteiger partial charge in [-0.25, -0.2) is 0 Å². The van der Waals surface area contributed by atoms with Gasteiger partial charge in [0.15, 0.2) is 0 Å². The zero-order valence-corrected chi connectivity index (χ0v) is 12.3. The highest BCUT2D eigenvalue weighted by atomic mass is 32.2. The van der Waals surface area contributed by atoms with Crippen molar-refractivity contribution in [2.24, 2.45) is 5.92 Å². The molecule has 0 aliphatic carbocycles. The summed E-state index contributed by atoms with van der Waals surface area (Å²) in [6, 6.07) is 5.75. The van der Waals surface area contributed by atoms with Crippen LogP contribution >= 0.6 is 11.8 Å². The quantitative estimate of drug-likeness (QED) is 0.764. The van der Waals surface area contributed by atoms with Gasteiger partial charge in [0, 0.05) is 18.5 Å². The Morgan fingerprint density at radius 1 is 1.47 bits per heavy atom. The van der Waals surface area contributed by atoms with Crippen LogP contribution in [0, 0.1) is 5.92 Å². The normalized spacial score (nSPS) is 12.4. The van der Waals surface area contributed by atoms with Gasteiger partial charge in [0.05, 0.1) is 17.6 Å². The second-order valence-corrected chi connectivity index (χ2v) is 5.89. The average molecular weight is 282 g/mol. The highest BCUT2D eigenvalue weighted by molar-refractivity contribution is 7.99. The van der Waals surface area contributed by atoms with Gasteiger partial charge < -0.3 is 10.4 Å². The van der Waals surface area contributed by atoms with E-state index in [0.29, 0.717) is 24.6 Å². The lowest BCUT2D eigenvalue weighted by Crippen LogP contribution is -2.33. The van der Waals surface area contributed by atoms with E-state index in [1.165, 1.54) is 11.8 Å². The predicted molar refractivity (Wildman–Crippen MR) is 78.9 cm³/mol. The van der Waals surface area contributed by atoms with Crippen LogP contribution in [0.2, 0.25) is 0 Å². The molecule has 1 unspecified atom stereocenters. The number of carbonyl (C=O) groups excluding carboxylic acids is 1. The Kier molecular flexibility index (Phi) is 7.52. The van der Waals surface area contributed by atoms with Crippen molar-refractivity contribution in [3.8, 4) is 0 Å². The lowest BCUT2D eigenvalue weighted by atomic mass is 10.1. The molecule has 0 saturated carbocycles. The number of hydrogen-bond donors (Lipinski definition) is 2. The largest absolute Gasteiger partial charge is 0.391 e. The molecule has 0 aromatic carbocycles. The number of aliphatic hydroxyl groups is 1. The maximum Gasteiger partial charge on any atom is 0.230 e. The van der Waals surface area contributed by atoms with Gasteiger partial charge in [-0.3, -0.25) is 9.78 Å². The molecule has 0 aliphatic rings. The van der Waals surface area contributed by atoms with Crippen molar-refractivity contribution in [1.29, 1.82) is 0 Å². The summed E-state index contributed by atoms with van der Waals surface area (Å²) in [7, 11) is 0. The molecule has 4 nitrogen and oxygen atoms in total. The first kappa shape index (κ1) is 16.0. The Morgan fingerprint density at radius 3 is 2.89 bits per heavy atom. The molecular formula is C14H22N2O2S. The predicted octanol–water partition coefficient (Wildman–Crippen LogP) is 1.84. The summed E-state index contributed by atoms with van der Waals surface area (Å²) in [5.41, 5.74) is 0.972. The van der Waals surface area contributed by atoms with E-state index in [4.69, 9.17) is 0 Å². The van der Waals surface area contributed by atoms with Crippen molar-refractivity contribution in [2.45, 2.75) is 32.1 Å². The van der Waals surface area contributed by atoms with Gasteiger partial charge in [-0.1, -0.05) is 19.9 Å². The third kappa shape index (κ3) is 7.85. The van der Waals surface area contributed by atoms with E-state index in [-0.39, 0.29) is 5.91 Å². The fourth-order valence-corrected chi connectivity index (χ4v) is 2.41. The molecule has 19 heavy (non-hydrogen) atoms. The minimum Gasteiger partial charge on any atom is -0.391 e. The van der Waals surface area contributed by atoms with E-state index < -0.39 is 6.10 Å². The van der Waals surface area contributed by atoms with Gasteiger partial charge in [0.25, 0.3) is 0 Å². The molecule has 2 N–H and O–H groups in total. The lowest BCUT2D eigenvalue weighted by molar-refractivity contribution is -0.119. The van der Waals surface area contributed by atoms with E-state index in [0.717, 1.165) is 11.4 Å². The van der Waals surface area contributed by atoms with E-state index in [2.05, 4.69) is 10.3 Å². The minimum absolute atomic E-state index is 0.0382. The number of rotatable bonds is 8. The molecule has 0 aliphatic heterocycles. The zero-order chi connectivity index (χ0) is 14.1. The molecule has 0 fully saturated rings. The highest BCUT2D eigenvalue weighted by Crippen LogP contribution is 2.09. The molecule has 1 atom stereocenters. The zero-order valence-electron chi connectivity index (χ0n) is 11.5. The summed E-state index contributed by atoms with van der Waals surface area (Å²) in [4.78, 5) is 15.7. The van der Waals surface area contributed by atoms with Crippen molar-refractivity contribution in [3.05, 3.63) is 30.1 Å². The number of amides is 1. The molecule has 1 amide bonds. The van der Waals surface area contributed by atoms with Gasteiger partial charge in [-0.15, -0.1) is 11.8 Å². The smallest absolute Gasteiger partial charge is 0.230 e. The van der Waals surface area contributed by atoms with E-state index in [1.54, 1.807) is 6.20 Å². The van der Waals surface area contributed by atoms with Crippen LogP contribution < -0.4 is 5.32 Å². The standard InChI is InChI=1S/C14H22N2O2S/c1-11(2)7-13(17)8-16-14(18)10-19-9-12-5-3-4-6-15-12/h3-6,11,13,17H,7-10H2,1-2H3,(H,16,18). The molecule has 0 spiro atoms. The molecule has 1 aromatic heterocycles.